The lowest BCUT2D eigenvalue weighted by atomic mass is 10.0. The Kier molecular flexibility index (Phi) is 27.7. The molecule has 0 aromatic heterocycles. The SMILES string of the molecule is C=C(OCCCCCCCCCCCCCCCCCCCCCCCCCCOC)C(C)=O. The van der Waals surface area contributed by atoms with E-state index < -0.39 is 0 Å². The molecule has 0 bridgehead atoms. The van der Waals surface area contributed by atoms with Crippen LogP contribution in [0, 0.1) is 0 Å². The summed E-state index contributed by atoms with van der Waals surface area (Å²) in [5.74, 6) is 0.240. The number of carbonyl (C=O) groups excluding carboxylic acids is 1. The van der Waals surface area contributed by atoms with Gasteiger partial charge in [-0.3, -0.25) is 4.79 Å². The topological polar surface area (TPSA) is 35.5 Å². The Morgan fingerprint density at radius 3 is 0.941 bits per heavy atom. The van der Waals surface area contributed by atoms with Gasteiger partial charge >= 0.3 is 0 Å². The molecule has 0 aliphatic rings. The molecule has 0 atom stereocenters. The molecule has 3 heteroatoms. The maximum Gasteiger partial charge on any atom is 0.193 e. The lowest BCUT2D eigenvalue weighted by Gasteiger charge is -2.06. The van der Waals surface area contributed by atoms with E-state index in [9.17, 15) is 4.79 Å². The third kappa shape index (κ3) is 27.4. The minimum absolute atomic E-state index is 0.0626. The van der Waals surface area contributed by atoms with Crippen LogP contribution < -0.4 is 0 Å². The van der Waals surface area contributed by atoms with Gasteiger partial charge in [-0.1, -0.05) is 148 Å². The van der Waals surface area contributed by atoms with E-state index in [4.69, 9.17) is 9.47 Å². The Labute approximate surface area is 213 Å². The first kappa shape index (κ1) is 33.2. The highest BCUT2D eigenvalue weighted by atomic mass is 16.5. The van der Waals surface area contributed by atoms with Crippen molar-refractivity contribution in [3.05, 3.63) is 12.3 Å². The van der Waals surface area contributed by atoms with Gasteiger partial charge in [0, 0.05) is 20.6 Å². The number of hydrogen-bond acceptors (Lipinski definition) is 3. The van der Waals surface area contributed by atoms with Crippen LogP contribution in [0.2, 0.25) is 0 Å². The number of Topliss-reactive ketones (excluding diaryl/α,β-unsaturated/α-hetero) is 1. The van der Waals surface area contributed by atoms with Gasteiger partial charge in [0.25, 0.3) is 0 Å². The predicted octanol–water partition coefficient (Wildman–Crippen LogP) is 10.1. The molecule has 0 aromatic carbocycles. The smallest absolute Gasteiger partial charge is 0.193 e. The molecular formula is C31H60O3. The molecule has 0 radical (unpaired) electrons. The molecule has 0 aliphatic heterocycles. The Morgan fingerprint density at radius 2 is 0.706 bits per heavy atom. The van der Waals surface area contributed by atoms with Crippen molar-refractivity contribution >= 4 is 5.78 Å². The van der Waals surface area contributed by atoms with Gasteiger partial charge < -0.3 is 9.47 Å². The van der Waals surface area contributed by atoms with Gasteiger partial charge in [-0.05, 0) is 12.8 Å². The molecule has 0 saturated carbocycles. The standard InChI is InChI=1S/C31H60O3/c1-30(32)31(2)34-29-27-25-23-21-19-17-15-13-11-9-7-5-4-6-8-10-12-14-16-18-20-22-24-26-28-33-3/h2,4-29H2,1,3H3. The van der Waals surface area contributed by atoms with Crippen LogP contribution >= 0.6 is 0 Å². The Bertz CT molecular complexity index is 432. The molecule has 3 nitrogen and oxygen atoms in total. The molecule has 0 rings (SSSR count). The zero-order valence-corrected chi connectivity index (χ0v) is 23.3. The number of rotatable bonds is 29. The maximum absolute atomic E-state index is 11.0. The van der Waals surface area contributed by atoms with Crippen LogP contribution in [-0.2, 0) is 14.3 Å². The van der Waals surface area contributed by atoms with Gasteiger partial charge in [0.1, 0.15) is 0 Å². The van der Waals surface area contributed by atoms with Gasteiger partial charge in [-0.2, -0.15) is 0 Å². The summed E-state index contributed by atoms with van der Waals surface area (Å²) in [6.45, 7) is 6.68. The van der Waals surface area contributed by atoms with Crippen molar-refractivity contribution in [3.63, 3.8) is 0 Å². The number of unbranched alkanes of at least 4 members (excludes halogenated alkanes) is 23. The van der Waals surface area contributed by atoms with E-state index in [1.54, 1.807) is 7.11 Å². The zero-order chi connectivity index (χ0) is 25.0. The Morgan fingerprint density at radius 1 is 0.471 bits per heavy atom. The van der Waals surface area contributed by atoms with Crippen molar-refractivity contribution in [2.45, 2.75) is 161 Å². The van der Waals surface area contributed by atoms with Crippen molar-refractivity contribution in [3.8, 4) is 0 Å². The minimum atomic E-state index is -0.0626. The maximum atomic E-state index is 11.0. The molecule has 0 unspecified atom stereocenters. The molecule has 0 aliphatic carbocycles. The average molecular weight is 481 g/mol. The van der Waals surface area contributed by atoms with Gasteiger partial charge in [0.05, 0.1) is 6.61 Å². The van der Waals surface area contributed by atoms with E-state index in [2.05, 4.69) is 6.58 Å². The van der Waals surface area contributed by atoms with Gasteiger partial charge in [0.15, 0.2) is 11.5 Å². The first-order valence-corrected chi connectivity index (χ1v) is 15.0. The van der Waals surface area contributed by atoms with Gasteiger partial charge in [0.2, 0.25) is 0 Å². The second-order valence-corrected chi connectivity index (χ2v) is 10.3. The minimum Gasteiger partial charge on any atom is -0.491 e. The fourth-order valence-corrected chi connectivity index (χ4v) is 4.53. The highest BCUT2D eigenvalue weighted by Gasteiger charge is 2.00. The summed E-state index contributed by atoms with van der Waals surface area (Å²) in [4.78, 5) is 11.0. The summed E-state index contributed by atoms with van der Waals surface area (Å²) in [6.07, 6.45) is 33.2. The van der Waals surface area contributed by atoms with E-state index in [0.717, 1.165) is 13.0 Å². The molecule has 0 saturated heterocycles. The van der Waals surface area contributed by atoms with Crippen molar-refractivity contribution in [1.82, 2.24) is 0 Å². The van der Waals surface area contributed by atoms with E-state index in [1.807, 2.05) is 0 Å². The summed E-state index contributed by atoms with van der Waals surface area (Å²) >= 11 is 0. The van der Waals surface area contributed by atoms with E-state index in [1.165, 1.54) is 155 Å². The molecule has 0 amide bonds. The van der Waals surface area contributed by atoms with Crippen molar-refractivity contribution in [2.24, 2.45) is 0 Å². The molecule has 0 N–H and O–H groups in total. The molecular weight excluding hydrogens is 420 g/mol. The fraction of sp³-hybridized carbons (Fsp3) is 0.903. The molecule has 0 fully saturated rings. The Hall–Kier alpha value is -0.830. The van der Waals surface area contributed by atoms with Gasteiger partial charge in [-0.25, -0.2) is 0 Å². The number of allylic oxidation sites excluding steroid dienone is 1. The molecule has 34 heavy (non-hydrogen) atoms. The third-order valence-corrected chi connectivity index (χ3v) is 6.91. The lowest BCUT2D eigenvalue weighted by molar-refractivity contribution is -0.116. The van der Waals surface area contributed by atoms with Crippen LogP contribution in [0.25, 0.3) is 0 Å². The van der Waals surface area contributed by atoms with E-state index in [0.29, 0.717) is 12.4 Å². The number of hydrogen-bond donors (Lipinski definition) is 0. The number of carbonyl (C=O) groups is 1. The van der Waals surface area contributed by atoms with Crippen molar-refractivity contribution < 1.29 is 14.3 Å². The first-order valence-electron chi connectivity index (χ1n) is 15.0. The first-order chi connectivity index (χ1) is 16.7. The summed E-state index contributed by atoms with van der Waals surface area (Å²) in [5.41, 5.74) is 0. The average Bonchev–Trinajstić information content (AvgIpc) is 2.83. The molecule has 0 spiro atoms. The van der Waals surface area contributed by atoms with E-state index >= 15 is 0 Å². The highest BCUT2D eigenvalue weighted by molar-refractivity contribution is 5.90. The lowest BCUT2D eigenvalue weighted by Crippen LogP contribution is -2.01. The van der Waals surface area contributed by atoms with Crippen LogP contribution in [0.15, 0.2) is 12.3 Å². The third-order valence-electron chi connectivity index (χ3n) is 6.91. The number of methoxy groups -OCH3 is 1. The van der Waals surface area contributed by atoms with Crippen molar-refractivity contribution in [1.29, 1.82) is 0 Å². The quantitative estimate of drug-likeness (QED) is 0.0606. The number of ketones is 1. The van der Waals surface area contributed by atoms with Crippen LogP contribution in [0.4, 0.5) is 0 Å². The van der Waals surface area contributed by atoms with Crippen LogP contribution in [0.3, 0.4) is 0 Å². The summed E-state index contributed by atoms with van der Waals surface area (Å²) in [5, 5.41) is 0. The fourth-order valence-electron chi connectivity index (χ4n) is 4.53. The monoisotopic (exact) mass is 480 g/mol. The van der Waals surface area contributed by atoms with Gasteiger partial charge in [-0.15, -0.1) is 0 Å². The summed E-state index contributed by atoms with van der Waals surface area (Å²) in [6, 6.07) is 0. The van der Waals surface area contributed by atoms with Crippen molar-refractivity contribution in [2.75, 3.05) is 20.3 Å². The Balaban J connectivity index is 3.05. The molecule has 0 heterocycles. The van der Waals surface area contributed by atoms with Crippen LogP contribution in [0.5, 0.6) is 0 Å². The van der Waals surface area contributed by atoms with Crippen LogP contribution in [-0.4, -0.2) is 26.1 Å². The molecule has 0 aromatic rings. The second-order valence-electron chi connectivity index (χ2n) is 10.3. The zero-order valence-electron chi connectivity index (χ0n) is 23.3. The normalized spacial score (nSPS) is 11.1. The molecule has 202 valence electrons. The van der Waals surface area contributed by atoms with E-state index in [-0.39, 0.29) is 5.78 Å². The second kappa shape index (κ2) is 28.4. The van der Waals surface area contributed by atoms with Crippen LogP contribution in [0.1, 0.15) is 161 Å². The highest BCUT2D eigenvalue weighted by Crippen LogP contribution is 2.15. The predicted molar refractivity (Wildman–Crippen MR) is 148 cm³/mol. The summed E-state index contributed by atoms with van der Waals surface area (Å²) in [7, 11) is 1.80. The summed E-state index contributed by atoms with van der Waals surface area (Å²) < 4.78 is 10.4. The largest absolute Gasteiger partial charge is 0.491 e. The number of ether oxygens (including phenoxy) is 2.